The van der Waals surface area contributed by atoms with Crippen LogP contribution in [0, 0.1) is 0 Å². The van der Waals surface area contributed by atoms with Gasteiger partial charge in [0.2, 0.25) is 0 Å². The molecule has 3 nitrogen and oxygen atoms in total. The van der Waals surface area contributed by atoms with Gasteiger partial charge in [-0.15, -0.1) is 0 Å². The van der Waals surface area contributed by atoms with Crippen molar-refractivity contribution < 1.29 is 0 Å². The first kappa shape index (κ1) is 15.8. The standard InChI is InChI=1S/C16H26ClN3/c1-16(2)12-20(11-10-19(16)3)9-8-15(18)13-4-6-14(17)7-5-13/h4-7,15H,8-12,18H2,1-3H3. The van der Waals surface area contributed by atoms with Gasteiger partial charge in [0.25, 0.3) is 0 Å². The monoisotopic (exact) mass is 295 g/mol. The van der Waals surface area contributed by atoms with E-state index in [1.807, 2.05) is 24.3 Å². The zero-order chi connectivity index (χ0) is 14.8. The first-order valence-electron chi connectivity index (χ1n) is 7.33. The zero-order valence-electron chi connectivity index (χ0n) is 12.8. The van der Waals surface area contributed by atoms with Crippen molar-refractivity contribution in [3.8, 4) is 0 Å². The molecule has 1 saturated heterocycles. The van der Waals surface area contributed by atoms with Gasteiger partial charge in [-0.3, -0.25) is 4.90 Å². The minimum atomic E-state index is 0.0926. The SMILES string of the molecule is CN1CCN(CCC(N)c2ccc(Cl)cc2)CC1(C)C. The van der Waals surface area contributed by atoms with Crippen molar-refractivity contribution in [2.75, 3.05) is 33.2 Å². The van der Waals surface area contributed by atoms with Gasteiger partial charge in [-0.25, -0.2) is 0 Å². The molecule has 4 heteroatoms. The molecule has 1 fully saturated rings. The maximum Gasteiger partial charge on any atom is 0.0406 e. The Kier molecular flexibility index (Phi) is 5.08. The van der Waals surface area contributed by atoms with Gasteiger partial charge in [-0.05, 0) is 45.0 Å². The lowest BCUT2D eigenvalue weighted by atomic mass is 9.98. The lowest BCUT2D eigenvalue weighted by molar-refractivity contribution is 0.0387. The van der Waals surface area contributed by atoms with Crippen LogP contribution in [0.25, 0.3) is 0 Å². The minimum absolute atomic E-state index is 0.0926. The predicted octanol–water partition coefficient (Wildman–Crippen LogP) is 2.76. The van der Waals surface area contributed by atoms with E-state index in [-0.39, 0.29) is 11.6 Å². The predicted molar refractivity (Wildman–Crippen MR) is 86.1 cm³/mol. The molecule has 1 unspecified atom stereocenters. The van der Waals surface area contributed by atoms with E-state index in [1.54, 1.807) is 0 Å². The number of rotatable bonds is 4. The second-order valence-electron chi connectivity index (χ2n) is 6.46. The average Bonchev–Trinajstić information content (AvgIpc) is 2.40. The van der Waals surface area contributed by atoms with Crippen molar-refractivity contribution in [1.29, 1.82) is 0 Å². The molecular formula is C16H26ClN3. The number of likely N-dealkylation sites (N-methyl/N-ethyl adjacent to an activating group) is 1. The summed E-state index contributed by atoms with van der Waals surface area (Å²) >= 11 is 5.91. The molecule has 0 aromatic heterocycles. The van der Waals surface area contributed by atoms with Crippen LogP contribution in [-0.4, -0.2) is 48.6 Å². The van der Waals surface area contributed by atoms with E-state index in [9.17, 15) is 0 Å². The van der Waals surface area contributed by atoms with Crippen LogP contribution in [0.3, 0.4) is 0 Å². The third-order valence-corrected chi connectivity index (χ3v) is 4.70. The van der Waals surface area contributed by atoms with E-state index in [4.69, 9.17) is 17.3 Å². The van der Waals surface area contributed by atoms with Crippen LogP contribution in [0.4, 0.5) is 0 Å². The van der Waals surface area contributed by atoms with Crippen molar-refractivity contribution in [3.05, 3.63) is 34.9 Å². The van der Waals surface area contributed by atoms with Gasteiger partial charge >= 0.3 is 0 Å². The summed E-state index contributed by atoms with van der Waals surface area (Å²) in [7, 11) is 2.21. The van der Waals surface area contributed by atoms with Gasteiger partial charge in [0.1, 0.15) is 0 Å². The zero-order valence-corrected chi connectivity index (χ0v) is 13.5. The number of benzene rings is 1. The summed E-state index contributed by atoms with van der Waals surface area (Å²) in [6.45, 7) is 9.03. The molecule has 1 aliphatic rings. The van der Waals surface area contributed by atoms with E-state index >= 15 is 0 Å². The average molecular weight is 296 g/mol. The molecule has 1 heterocycles. The second-order valence-corrected chi connectivity index (χ2v) is 6.89. The van der Waals surface area contributed by atoms with Crippen LogP contribution in [0.5, 0.6) is 0 Å². The molecule has 112 valence electrons. The maximum absolute atomic E-state index is 6.28. The summed E-state index contributed by atoms with van der Waals surface area (Å²) in [5, 5.41) is 0.766. The Balaban J connectivity index is 1.84. The summed E-state index contributed by atoms with van der Waals surface area (Å²) in [5.41, 5.74) is 7.70. The van der Waals surface area contributed by atoms with Crippen molar-refractivity contribution in [2.45, 2.75) is 31.8 Å². The third-order valence-electron chi connectivity index (χ3n) is 4.45. The maximum atomic E-state index is 6.28. The van der Waals surface area contributed by atoms with E-state index < -0.39 is 0 Å². The van der Waals surface area contributed by atoms with Crippen molar-refractivity contribution in [2.24, 2.45) is 5.73 Å². The van der Waals surface area contributed by atoms with Gasteiger partial charge < -0.3 is 10.6 Å². The minimum Gasteiger partial charge on any atom is -0.324 e. The summed E-state index contributed by atoms with van der Waals surface area (Å²) in [5.74, 6) is 0. The molecule has 0 saturated carbocycles. The molecule has 0 aliphatic carbocycles. The molecule has 2 N–H and O–H groups in total. The molecule has 1 aliphatic heterocycles. The Bertz CT molecular complexity index is 430. The molecule has 1 aromatic carbocycles. The van der Waals surface area contributed by atoms with E-state index in [2.05, 4.69) is 30.7 Å². The Morgan fingerprint density at radius 3 is 2.50 bits per heavy atom. The number of halogens is 1. The van der Waals surface area contributed by atoms with Gasteiger partial charge in [0.15, 0.2) is 0 Å². The fourth-order valence-corrected chi connectivity index (χ4v) is 2.86. The van der Waals surface area contributed by atoms with Crippen LogP contribution in [-0.2, 0) is 0 Å². The first-order chi connectivity index (χ1) is 9.38. The molecule has 1 aromatic rings. The van der Waals surface area contributed by atoms with Crippen molar-refractivity contribution >= 4 is 11.6 Å². The molecular weight excluding hydrogens is 270 g/mol. The fourth-order valence-electron chi connectivity index (χ4n) is 2.73. The summed E-state index contributed by atoms with van der Waals surface area (Å²) < 4.78 is 0. The number of nitrogens with two attached hydrogens (primary N) is 1. The van der Waals surface area contributed by atoms with Crippen molar-refractivity contribution in [1.82, 2.24) is 9.80 Å². The smallest absolute Gasteiger partial charge is 0.0406 e. The Hall–Kier alpha value is -0.610. The highest BCUT2D eigenvalue weighted by atomic mass is 35.5. The summed E-state index contributed by atoms with van der Waals surface area (Å²) in [6, 6.07) is 7.97. The number of nitrogens with zero attached hydrogens (tertiary/aromatic N) is 2. The Morgan fingerprint density at radius 2 is 1.90 bits per heavy atom. The topological polar surface area (TPSA) is 32.5 Å². The fraction of sp³-hybridized carbons (Fsp3) is 0.625. The van der Waals surface area contributed by atoms with Crippen LogP contribution in [0.2, 0.25) is 5.02 Å². The lowest BCUT2D eigenvalue weighted by Gasteiger charge is -2.45. The summed E-state index contributed by atoms with van der Waals surface area (Å²) in [6.07, 6.45) is 0.988. The van der Waals surface area contributed by atoms with Gasteiger partial charge in [0, 0.05) is 42.8 Å². The van der Waals surface area contributed by atoms with Crippen LogP contribution < -0.4 is 5.73 Å². The van der Waals surface area contributed by atoms with Gasteiger partial charge in [-0.1, -0.05) is 23.7 Å². The number of piperazine rings is 1. The van der Waals surface area contributed by atoms with Gasteiger partial charge in [-0.2, -0.15) is 0 Å². The molecule has 0 amide bonds. The van der Waals surface area contributed by atoms with E-state index in [1.165, 1.54) is 5.56 Å². The van der Waals surface area contributed by atoms with Crippen molar-refractivity contribution in [3.63, 3.8) is 0 Å². The highest BCUT2D eigenvalue weighted by Gasteiger charge is 2.30. The van der Waals surface area contributed by atoms with E-state index in [0.29, 0.717) is 0 Å². The number of hydrogen-bond acceptors (Lipinski definition) is 3. The second kappa shape index (κ2) is 6.44. The highest BCUT2D eigenvalue weighted by molar-refractivity contribution is 6.30. The molecule has 0 spiro atoms. The Morgan fingerprint density at radius 1 is 1.25 bits per heavy atom. The molecule has 0 bridgehead atoms. The molecule has 20 heavy (non-hydrogen) atoms. The molecule has 2 rings (SSSR count). The van der Waals surface area contributed by atoms with Gasteiger partial charge in [0.05, 0.1) is 0 Å². The Labute approximate surface area is 127 Å². The highest BCUT2D eigenvalue weighted by Crippen LogP contribution is 2.21. The largest absolute Gasteiger partial charge is 0.324 e. The molecule has 1 atom stereocenters. The number of hydrogen-bond donors (Lipinski definition) is 1. The first-order valence-corrected chi connectivity index (χ1v) is 7.71. The molecule has 0 radical (unpaired) electrons. The third kappa shape index (κ3) is 3.95. The quantitative estimate of drug-likeness (QED) is 0.927. The normalized spacial score (nSPS) is 21.9. The van der Waals surface area contributed by atoms with E-state index in [0.717, 1.165) is 37.6 Å². The van der Waals surface area contributed by atoms with Crippen LogP contribution in [0.1, 0.15) is 31.9 Å². The van der Waals surface area contributed by atoms with Crippen LogP contribution >= 0.6 is 11.6 Å². The lowest BCUT2D eigenvalue weighted by Crippen LogP contribution is -2.57. The summed E-state index contributed by atoms with van der Waals surface area (Å²) in [4.78, 5) is 4.96. The van der Waals surface area contributed by atoms with Crippen LogP contribution in [0.15, 0.2) is 24.3 Å².